The number of hydrogen-bond acceptors (Lipinski definition) is 6. The number of carbonyl (C=O) groups is 3. The summed E-state index contributed by atoms with van der Waals surface area (Å²) >= 11 is 0. The highest BCUT2D eigenvalue weighted by Gasteiger charge is 2.26. The number of benzene rings is 1. The number of nitrogens with zero attached hydrogens (tertiary/aromatic N) is 2. The molecule has 3 N–H and O–H groups in total. The minimum absolute atomic E-state index is 0.147. The molecule has 0 radical (unpaired) electrons. The summed E-state index contributed by atoms with van der Waals surface area (Å²) in [5.74, 6) is -1.02. The minimum atomic E-state index is -0.713. The van der Waals surface area contributed by atoms with Gasteiger partial charge in [-0.1, -0.05) is 49.6 Å². The van der Waals surface area contributed by atoms with E-state index >= 15 is 0 Å². The van der Waals surface area contributed by atoms with Gasteiger partial charge >= 0.3 is 11.9 Å². The van der Waals surface area contributed by atoms with E-state index < -0.39 is 11.9 Å². The highest BCUT2D eigenvalue weighted by atomic mass is 16.4. The summed E-state index contributed by atoms with van der Waals surface area (Å²) < 4.78 is 0. The van der Waals surface area contributed by atoms with Gasteiger partial charge in [0, 0.05) is 6.42 Å². The van der Waals surface area contributed by atoms with Crippen LogP contribution in [0.2, 0.25) is 0 Å². The average Bonchev–Trinajstić information content (AvgIpc) is 2.86. The molecular formula is C27H43N3O5. The fourth-order valence-electron chi connectivity index (χ4n) is 4.85. The molecule has 0 saturated carbocycles. The van der Waals surface area contributed by atoms with Crippen LogP contribution in [0.25, 0.3) is 0 Å². The van der Waals surface area contributed by atoms with Gasteiger partial charge in [0.05, 0.1) is 6.04 Å². The van der Waals surface area contributed by atoms with E-state index in [4.69, 9.17) is 10.2 Å². The molecule has 1 aromatic carbocycles. The number of piperidine rings is 3. The van der Waals surface area contributed by atoms with Crippen molar-refractivity contribution in [1.82, 2.24) is 15.1 Å². The molecule has 196 valence electrons. The van der Waals surface area contributed by atoms with Crippen LogP contribution in [0.4, 0.5) is 0 Å². The number of carbonyl (C=O) groups excluding carboxylic acids is 1. The van der Waals surface area contributed by atoms with Crippen LogP contribution >= 0.6 is 0 Å². The third-order valence-electron chi connectivity index (χ3n) is 7.03. The quantitative estimate of drug-likeness (QED) is 0.579. The third-order valence-corrected chi connectivity index (χ3v) is 7.03. The SMILES string of the molecule is CN1CCCC[C@@H]1C(=O)Cc1ccccc1.CN1CCCC[C@@H]1C(=O)O.O=C(O)[C@H]1CCCCN1. The maximum absolute atomic E-state index is 12.1. The number of rotatable bonds is 5. The van der Waals surface area contributed by atoms with E-state index in [1.807, 2.05) is 42.3 Å². The maximum Gasteiger partial charge on any atom is 0.320 e. The Bertz CT molecular complexity index is 782. The van der Waals surface area contributed by atoms with E-state index in [1.165, 1.54) is 12.8 Å². The number of carboxylic acids is 2. The first-order valence-electron chi connectivity index (χ1n) is 13.0. The van der Waals surface area contributed by atoms with Crippen molar-refractivity contribution in [3.8, 4) is 0 Å². The van der Waals surface area contributed by atoms with E-state index in [2.05, 4.69) is 17.3 Å². The van der Waals surface area contributed by atoms with E-state index in [9.17, 15) is 14.4 Å². The van der Waals surface area contributed by atoms with Crippen molar-refractivity contribution in [3.63, 3.8) is 0 Å². The van der Waals surface area contributed by atoms with Gasteiger partial charge < -0.3 is 15.5 Å². The first-order chi connectivity index (χ1) is 16.8. The molecule has 1 aromatic rings. The van der Waals surface area contributed by atoms with Crippen molar-refractivity contribution in [1.29, 1.82) is 0 Å². The third kappa shape index (κ3) is 10.5. The molecular weight excluding hydrogens is 446 g/mol. The van der Waals surface area contributed by atoms with Crippen LogP contribution in [-0.2, 0) is 20.8 Å². The summed E-state index contributed by atoms with van der Waals surface area (Å²) in [5, 5.41) is 20.1. The van der Waals surface area contributed by atoms with Crippen LogP contribution < -0.4 is 5.32 Å². The average molecular weight is 490 g/mol. The number of Topliss-reactive ketones (excluding diaryl/α,β-unsaturated/α-hetero) is 1. The van der Waals surface area contributed by atoms with Crippen LogP contribution in [0.1, 0.15) is 63.4 Å². The van der Waals surface area contributed by atoms with E-state index in [0.29, 0.717) is 12.2 Å². The highest BCUT2D eigenvalue weighted by Crippen LogP contribution is 2.17. The Labute approximate surface area is 209 Å². The lowest BCUT2D eigenvalue weighted by atomic mass is 9.95. The molecule has 3 heterocycles. The fraction of sp³-hybridized carbons (Fsp3) is 0.667. The summed E-state index contributed by atoms with van der Waals surface area (Å²) in [6.07, 6.45) is 9.98. The lowest BCUT2D eigenvalue weighted by Gasteiger charge is -2.31. The molecule has 3 fully saturated rings. The fourth-order valence-corrected chi connectivity index (χ4v) is 4.85. The Balaban J connectivity index is 0.000000197. The number of aliphatic carboxylic acids is 2. The first-order valence-corrected chi connectivity index (χ1v) is 13.0. The van der Waals surface area contributed by atoms with Crippen LogP contribution in [0.5, 0.6) is 0 Å². The van der Waals surface area contributed by atoms with Crippen LogP contribution in [0, 0.1) is 0 Å². The molecule has 4 rings (SSSR count). The standard InChI is InChI=1S/C14H19NO.C7H13NO2.C6H11NO2/c1-15-10-6-5-9-13(15)14(16)11-12-7-3-2-4-8-12;1-8-5-3-2-4-6(8)7(9)10;8-6(9)5-3-1-2-4-7-5/h2-4,7-8,13H,5-6,9-11H2,1H3;6H,2-5H2,1H3,(H,9,10);5,7H,1-4H2,(H,8,9)/t13-;6-;5-/m111/s1. The van der Waals surface area contributed by atoms with Gasteiger partial charge in [-0.15, -0.1) is 0 Å². The number of carboxylic acid groups (broad SMARTS) is 2. The summed E-state index contributed by atoms with van der Waals surface area (Å²) in [6.45, 7) is 2.85. The molecule has 0 spiro atoms. The minimum Gasteiger partial charge on any atom is -0.480 e. The zero-order valence-electron chi connectivity index (χ0n) is 21.3. The largest absolute Gasteiger partial charge is 0.480 e. The molecule has 3 atom stereocenters. The molecule has 0 amide bonds. The summed E-state index contributed by atoms with van der Waals surface area (Å²) in [7, 11) is 3.94. The first kappa shape index (κ1) is 28.9. The zero-order valence-corrected chi connectivity index (χ0v) is 21.3. The zero-order chi connectivity index (χ0) is 25.6. The second-order valence-electron chi connectivity index (χ2n) is 9.79. The molecule has 0 bridgehead atoms. The van der Waals surface area contributed by atoms with Crippen molar-refractivity contribution in [2.75, 3.05) is 33.7 Å². The van der Waals surface area contributed by atoms with Gasteiger partial charge in [-0.3, -0.25) is 24.2 Å². The Hall–Kier alpha value is -2.29. The van der Waals surface area contributed by atoms with E-state index in [1.54, 1.807) is 0 Å². The summed E-state index contributed by atoms with van der Waals surface area (Å²) in [5.41, 5.74) is 1.13. The maximum atomic E-state index is 12.1. The van der Waals surface area contributed by atoms with Crippen molar-refractivity contribution in [2.24, 2.45) is 0 Å². The summed E-state index contributed by atoms with van der Waals surface area (Å²) in [4.78, 5) is 37.1. The molecule has 3 aliphatic heterocycles. The molecule has 35 heavy (non-hydrogen) atoms. The second kappa shape index (κ2) is 15.7. The second-order valence-corrected chi connectivity index (χ2v) is 9.79. The Morgan fingerprint density at radius 2 is 1.37 bits per heavy atom. The lowest BCUT2D eigenvalue weighted by Crippen LogP contribution is -2.42. The van der Waals surface area contributed by atoms with E-state index in [0.717, 1.165) is 70.1 Å². The Morgan fingerprint density at radius 3 is 1.80 bits per heavy atom. The Kier molecular flexibility index (Phi) is 12.9. The van der Waals surface area contributed by atoms with Gasteiger partial charge in [0.2, 0.25) is 0 Å². The summed E-state index contributed by atoms with van der Waals surface area (Å²) in [6, 6.07) is 9.67. The van der Waals surface area contributed by atoms with Gasteiger partial charge in [0.15, 0.2) is 5.78 Å². The molecule has 8 nitrogen and oxygen atoms in total. The van der Waals surface area contributed by atoms with Crippen LogP contribution in [0.15, 0.2) is 30.3 Å². The topological polar surface area (TPSA) is 110 Å². The van der Waals surface area contributed by atoms with Gasteiger partial charge in [0.25, 0.3) is 0 Å². The normalized spacial score (nSPS) is 25.3. The van der Waals surface area contributed by atoms with Crippen molar-refractivity contribution in [2.45, 2.75) is 82.3 Å². The molecule has 3 saturated heterocycles. The van der Waals surface area contributed by atoms with Crippen LogP contribution in [0.3, 0.4) is 0 Å². The molecule has 0 aromatic heterocycles. The van der Waals surface area contributed by atoms with Crippen molar-refractivity contribution < 1.29 is 24.6 Å². The molecule has 0 aliphatic carbocycles. The number of likely N-dealkylation sites (N-methyl/N-ethyl adjacent to an activating group) is 2. The predicted molar refractivity (Wildman–Crippen MR) is 137 cm³/mol. The van der Waals surface area contributed by atoms with Gasteiger partial charge in [-0.25, -0.2) is 0 Å². The lowest BCUT2D eigenvalue weighted by molar-refractivity contribution is -0.144. The van der Waals surface area contributed by atoms with Crippen molar-refractivity contribution in [3.05, 3.63) is 35.9 Å². The monoisotopic (exact) mass is 489 g/mol. The molecule has 3 aliphatic rings. The number of nitrogens with one attached hydrogen (secondary N) is 1. The highest BCUT2D eigenvalue weighted by molar-refractivity contribution is 5.86. The predicted octanol–water partition coefficient (Wildman–Crippen LogP) is 3.05. The van der Waals surface area contributed by atoms with Gasteiger partial charge in [-0.2, -0.15) is 0 Å². The number of hydrogen-bond donors (Lipinski definition) is 3. The van der Waals surface area contributed by atoms with Gasteiger partial charge in [-0.05, 0) is 77.8 Å². The van der Waals surface area contributed by atoms with E-state index in [-0.39, 0.29) is 18.1 Å². The number of ketones is 1. The smallest absolute Gasteiger partial charge is 0.320 e. The Morgan fingerprint density at radius 1 is 0.800 bits per heavy atom. The number of likely N-dealkylation sites (tertiary alicyclic amines) is 2. The van der Waals surface area contributed by atoms with Gasteiger partial charge in [0.1, 0.15) is 12.1 Å². The molecule has 0 unspecified atom stereocenters. The van der Waals surface area contributed by atoms with Crippen molar-refractivity contribution >= 4 is 17.7 Å². The molecule has 8 heteroatoms. The van der Waals surface area contributed by atoms with Crippen LogP contribution in [-0.4, -0.2) is 89.6 Å².